The normalized spacial score (nSPS) is 25.5. The SMILES string of the molecule is C=CCN1CC(C)C(C(=O)OCC)C1=O. The first-order valence-corrected chi connectivity index (χ1v) is 5.18. The van der Waals surface area contributed by atoms with Crippen molar-refractivity contribution in [3.8, 4) is 0 Å². The van der Waals surface area contributed by atoms with Gasteiger partial charge in [-0.3, -0.25) is 9.59 Å². The molecule has 84 valence electrons. The average molecular weight is 211 g/mol. The van der Waals surface area contributed by atoms with Crippen LogP contribution in [0.2, 0.25) is 0 Å². The molecular weight excluding hydrogens is 194 g/mol. The highest BCUT2D eigenvalue weighted by Crippen LogP contribution is 2.25. The number of carbonyl (C=O) groups excluding carboxylic acids is 2. The molecule has 0 spiro atoms. The molecule has 4 heteroatoms. The van der Waals surface area contributed by atoms with Gasteiger partial charge in [0, 0.05) is 13.1 Å². The number of amides is 1. The Hall–Kier alpha value is -1.32. The fraction of sp³-hybridized carbons (Fsp3) is 0.636. The van der Waals surface area contributed by atoms with Crippen molar-refractivity contribution >= 4 is 11.9 Å². The van der Waals surface area contributed by atoms with Gasteiger partial charge in [-0.1, -0.05) is 13.0 Å². The molecule has 1 aliphatic heterocycles. The summed E-state index contributed by atoms with van der Waals surface area (Å²) >= 11 is 0. The third-order valence-electron chi connectivity index (χ3n) is 2.55. The number of rotatable bonds is 4. The molecular formula is C11H17NO3. The molecule has 1 saturated heterocycles. The Balaban J connectivity index is 2.69. The highest BCUT2D eigenvalue weighted by Gasteiger charge is 2.42. The Labute approximate surface area is 89.9 Å². The summed E-state index contributed by atoms with van der Waals surface area (Å²) in [5.41, 5.74) is 0. The minimum atomic E-state index is -0.620. The van der Waals surface area contributed by atoms with E-state index in [2.05, 4.69) is 6.58 Å². The van der Waals surface area contributed by atoms with Gasteiger partial charge in [-0.25, -0.2) is 0 Å². The molecule has 1 rings (SSSR count). The van der Waals surface area contributed by atoms with Gasteiger partial charge in [0.15, 0.2) is 0 Å². The fourth-order valence-electron chi connectivity index (χ4n) is 1.87. The number of hydrogen-bond donors (Lipinski definition) is 0. The van der Waals surface area contributed by atoms with Crippen molar-refractivity contribution in [1.82, 2.24) is 4.90 Å². The molecule has 0 radical (unpaired) electrons. The molecule has 2 unspecified atom stereocenters. The lowest BCUT2D eigenvalue weighted by molar-refractivity contribution is -0.153. The third-order valence-corrected chi connectivity index (χ3v) is 2.55. The summed E-state index contributed by atoms with van der Waals surface area (Å²) in [6, 6.07) is 0. The number of carbonyl (C=O) groups is 2. The van der Waals surface area contributed by atoms with Gasteiger partial charge >= 0.3 is 5.97 Å². The Bertz CT molecular complexity index is 275. The fourth-order valence-corrected chi connectivity index (χ4v) is 1.87. The first-order valence-electron chi connectivity index (χ1n) is 5.18. The van der Waals surface area contributed by atoms with Crippen molar-refractivity contribution in [3.63, 3.8) is 0 Å². The molecule has 15 heavy (non-hydrogen) atoms. The van der Waals surface area contributed by atoms with Crippen LogP contribution in [-0.4, -0.2) is 36.5 Å². The maximum atomic E-state index is 11.8. The van der Waals surface area contributed by atoms with E-state index in [9.17, 15) is 9.59 Å². The smallest absolute Gasteiger partial charge is 0.318 e. The van der Waals surface area contributed by atoms with Crippen molar-refractivity contribution in [3.05, 3.63) is 12.7 Å². The molecule has 1 amide bonds. The van der Waals surface area contributed by atoms with Crippen LogP contribution in [0.3, 0.4) is 0 Å². The second-order valence-electron chi connectivity index (χ2n) is 3.74. The molecule has 0 aromatic rings. The number of nitrogens with zero attached hydrogens (tertiary/aromatic N) is 1. The van der Waals surface area contributed by atoms with Crippen LogP contribution in [0.4, 0.5) is 0 Å². The molecule has 0 saturated carbocycles. The van der Waals surface area contributed by atoms with E-state index in [4.69, 9.17) is 4.74 Å². The van der Waals surface area contributed by atoms with Gasteiger partial charge in [0.2, 0.25) is 5.91 Å². The van der Waals surface area contributed by atoms with Crippen molar-refractivity contribution in [1.29, 1.82) is 0 Å². The zero-order valence-electron chi connectivity index (χ0n) is 9.23. The Kier molecular flexibility index (Phi) is 3.88. The maximum Gasteiger partial charge on any atom is 0.318 e. The predicted molar refractivity (Wildman–Crippen MR) is 56.1 cm³/mol. The number of likely N-dealkylation sites (tertiary alicyclic amines) is 1. The van der Waals surface area contributed by atoms with Crippen molar-refractivity contribution in [2.75, 3.05) is 19.7 Å². The zero-order chi connectivity index (χ0) is 11.4. The van der Waals surface area contributed by atoms with Gasteiger partial charge in [0.05, 0.1) is 6.61 Å². The Morgan fingerprint density at radius 3 is 2.93 bits per heavy atom. The van der Waals surface area contributed by atoms with Crippen LogP contribution in [0.1, 0.15) is 13.8 Å². The van der Waals surface area contributed by atoms with E-state index in [1.165, 1.54) is 0 Å². The summed E-state index contributed by atoms with van der Waals surface area (Å²) in [7, 11) is 0. The molecule has 0 bridgehead atoms. The van der Waals surface area contributed by atoms with Crippen LogP contribution in [0.15, 0.2) is 12.7 Å². The highest BCUT2D eigenvalue weighted by molar-refractivity contribution is 5.99. The van der Waals surface area contributed by atoms with E-state index in [0.717, 1.165) is 0 Å². The minimum absolute atomic E-state index is 0.0245. The first-order chi connectivity index (χ1) is 7.11. The van der Waals surface area contributed by atoms with Crippen LogP contribution < -0.4 is 0 Å². The van der Waals surface area contributed by atoms with Crippen LogP contribution in [0.25, 0.3) is 0 Å². The van der Waals surface area contributed by atoms with Crippen molar-refractivity contribution in [2.24, 2.45) is 11.8 Å². The van der Waals surface area contributed by atoms with Crippen LogP contribution >= 0.6 is 0 Å². The van der Waals surface area contributed by atoms with Gasteiger partial charge in [0.25, 0.3) is 0 Å². The Morgan fingerprint density at radius 1 is 1.73 bits per heavy atom. The van der Waals surface area contributed by atoms with E-state index in [-0.39, 0.29) is 11.8 Å². The first kappa shape index (κ1) is 11.8. The topological polar surface area (TPSA) is 46.6 Å². The minimum Gasteiger partial charge on any atom is -0.465 e. The summed E-state index contributed by atoms with van der Waals surface area (Å²) in [6.07, 6.45) is 1.66. The number of ether oxygens (including phenoxy) is 1. The second-order valence-corrected chi connectivity index (χ2v) is 3.74. The summed E-state index contributed by atoms with van der Waals surface area (Å²) in [4.78, 5) is 25.0. The maximum absolute atomic E-state index is 11.8. The summed E-state index contributed by atoms with van der Waals surface area (Å²) in [5, 5.41) is 0. The summed E-state index contributed by atoms with van der Waals surface area (Å²) < 4.78 is 4.88. The standard InChI is InChI=1S/C11H17NO3/c1-4-6-12-7-8(3)9(10(12)13)11(14)15-5-2/h4,8-9H,1,5-7H2,2-3H3. The second kappa shape index (κ2) is 4.96. The average Bonchev–Trinajstić information content (AvgIpc) is 2.43. The lowest BCUT2D eigenvalue weighted by Crippen LogP contribution is -2.31. The Morgan fingerprint density at radius 2 is 2.40 bits per heavy atom. The van der Waals surface area contributed by atoms with Gasteiger partial charge in [-0.05, 0) is 12.8 Å². The third kappa shape index (κ3) is 2.37. The summed E-state index contributed by atoms with van der Waals surface area (Å²) in [5.74, 6) is -1.14. The largest absolute Gasteiger partial charge is 0.465 e. The molecule has 0 N–H and O–H groups in total. The molecule has 1 aliphatic rings. The van der Waals surface area contributed by atoms with Crippen LogP contribution in [0.5, 0.6) is 0 Å². The van der Waals surface area contributed by atoms with E-state index in [1.807, 2.05) is 6.92 Å². The molecule has 1 heterocycles. The molecule has 4 nitrogen and oxygen atoms in total. The van der Waals surface area contributed by atoms with Gasteiger partial charge in [0.1, 0.15) is 5.92 Å². The predicted octanol–water partition coefficient (Wildman–Crippen LogP) is 0.830. The lowest BCUT2D eigenvalue weighted by Gasteiger charge is -2.13. The number of hydrogen-bond acceptors (Lipinski definition) is 3. The van der Waals surface area contributed by atoms with Crippen molar-refractivity contribution in [2.45, 2.75) is 13.8 Å². The van der Waals surface area contributed by atoms with Crippen LogP contribution in [-0.2, 0) is 14.3 Å². The van der Waals surface area contributed by atoms with E-state index in [0.29, 0.717) is 19.7 Å². The molecule has 0 aromatic heterocycles. The molecule has 0 aliphatic carbocycles. The summed E-state index contributed by atoms with van der Waals surface area (Å²) in [6.45, 7) is 8.63. The van der Waals surface area contributed by atoms with E-state index >= 15 is 0 Å². The van der Waals surface area contributed by atoms with E-state index in [1.54, 1.807) is 17.9 Å². The number of esters is 1. The van der Waals surface area contributed by atoms with Crippen LogP contribution in [0, 0.1) is 11.8 Å². The van der Waals surface area contributed by atoms with Crippen molar-refractivity contribution < 1.29 is 14.3 Å². The monoisotopic (exact) mass is 211 g/mol. The van der Waals surface area contributed by atoms with Gasteiger partial charge in [-0.2, -0.15) is 0 Å². The lowest BCUT2D eigenvalue weighted by atomic mass is 9.98. The molecule has 0 aromatic carbocycles. The quantitative estimate of drug-likeness (QED) is 0.393. The van der Waals surface area contributed by atoms with E-state index < -0.39 is 11.9 Å². The molecule has 2 atom stereocenters. The highest BCUT2D eigenvalue weighted by atomic mass is 16.5. The zero-order valence-corrected chi connectivity index (χ0v) is 9.23. The molecule has 1 fully saturated rings. The van der Waals surface area contributed by atoms with Gasteiger partial charge in [-0.15, -0.1) is 6.58 Å². The van der Waals surface area contributed by atoms with Gasteiger partial charge < -0.3 is 9.64 Å².